The summed E-state index contributed by atoms with van der Waals surface area (Å²) >= 11 is 0. The van der Waals surface area contributed by atoms with E-state index in [0.717, 1.165) is 25.7 Å². The van der Waals surface area contributed by atoms with Gasteiger partial charge in [0.1, 0.15) is 12.3 Å². The third kappa shape index (κ3) is 4.44. The number of alkyl halides is 1. The van der Waals surface area contributed by atoms with Crippen LogP contribution < -0.4 is 5.32 Å². The quantitative estimate of drug-likeness (QED) is 0.764. The summed E-state index contributed by atoms with van der Waals surface area (Å²) in [4.78, 5) is 11.1. The molecule has 0 bridgehead atoms. The standard InChI is InChI=1S/C10H18FNO2/c1-8(11)7-12-10(13)14-9-5-3-2-4-6-9/h8-9H,2-7H2,1H3,(H,12,13). The van der Waals surface area contributed by atoms with E-state index in [4.69, 9.17) is 4.74 Å². The third-order valence-corrected chi connectivity index (χ3v) is 2.35. The molecule has 1 rings (SSSR count). The molecular formula is C10H18FNO2. The Hall–Kier alpha value is -0.800. The Morgan fingerprint density at radius 1 is 1.50 bits per heavy atom. The maximum Gasteiger partial charge on any atom is 0.407 e. The van der Waals surface area contributed by atoms with Gasteiger partial charge in [-0.1, -0.05) is 6.42 Å². The zero-order chi connectivity index (χ0) is 10.4. The first-order chi connectivity index (χ1) is 6.68. The van der Waals surface area contributed by atoms with Crippen molar-refractivity contribution in [2.75, 3.05) is 6.54 Å². The Bertz CT molecular complexity index is 179. The number of ether oxygens (including phenoxy) is 1. The van der Waals surface area contributed by atoms with Crippen LogP contribution in [-0.4, -0.2) is 24.9 Å². The van der Waals surface area contributed by atoms with E-state index in [0.29, 0.717) is 0 Å². The fourth-order valence-electron chi connectivity index (χ4n) is 1.60. The molecule has 1 unspecified atom stereocenters. The van der Waals surface area contributed by atoms with Crippen molar-refractivity contribution in [3.05, 3.63) is 0 Å². The summed E-state index contributed by atoms with van der Waals surface area (Å²) in [6.45, 7) is 1.44. The number of halogens is 1. The second kappa shape index (κ2) is 5.83. The van der Waals surface area contributed by atoms with Gasteiger partial charge in [0.25, 0.3) is 0 Å². The molecule has 82 valence electrons. The molecule has 1 aliphatic rings. The van der Waals surface area contributed by atoms with Gasteiger partial charge in [0.2, 0.25) is 0 Å². The van der Waals surface area contributed by atoms with E-state index in [9.17, 15) is 9.18 Å². The zero-order valence-corrected chi connectivity index (χ0v) is 8.59. The maximum absolute atomic E-state index is 12.4. The predicted molar refractivity (Wildman–Crippen MR) is 51.9 cm³/mol. The summed E-state index contributed by atoms with van der Waals surface area (Å²) in [6, 6.07) is 0. The number of hydrogen-bond donors (Lipinski definition) is 1. The first-order valence-corrected chi connectivity index (χ1v) is 5.27. The minimum atomic E-state index is -1.02. The van der Waals surface area contributed by atoms with Gasteiger partial charge in [0.05, 0.1) is 6.54 Å². The monoisotopic (exact) mass is 203 g/mol. The molecule has 3 nitrogen and oxygen atoms in total. The van der Waals surface area contributed by atoms with Crippen molar-refractivity contribution < 1.29 is 13.9 Å². The van der Waals surface area contributed by atoms with Crippen molar-refractivity contribution in [2.45, 2.75) is 51.3 Å². The average Bonchev–Trinajstić information content (AvgIpc) is 2.16. The molecule has 0 radical (unpaired) electrons. The molecule has 0 saturated heterocycles. The normalized spacial score (nSPS) is 20.1. The Labute approximate surface area is 84.0 Å². The van der Waals surface area contributed by atoms with E-state index < -0.39 is 12.3 Å². The van der Waals surface area contributed by atoms with Crippen molar-refractivity contribution >= 4 is 6.09 Å². The van der Waals surface area contributed by atoms with E-state index in [2.05, 4.69) is 5.32 Å². The third-order valence-electron chi connectivity index (χ3n) is 2.35. The lowest BCUT2D eigenvalue weighted by Gasteiger charge is -2.21. The molecule has 1 N–H and O–H groups in total. The van der Waals surface area contributed by atoms with Crippen LogP contribution in [0.3, 0.4) is 0 Å². The van der Waals surface area contributed by atoms with Crippen LogP contribution in [0.15, 0.2) is 0 Å². The van der Waals surface area contributed by atoms with Crippen molar-refractivity contribution in [1.29, 1.82) is 0 Å². The number of nitrogens with one attached hydrogen (secondary N) is 1. The Balaban J connectivity index is 2.12. The lowest BCUT2D eigenvalue weighted by molar-refractivity contribution is 0.0740. The van der Waals surface area contributed by atoms with Gasteiger partial charge in [0, 0.05) is 0 Å². The highest BCUT2D eigenvalue weighted by atomic mass is 19.1. The summed E-state index contributed by atoms with van der Waals surface area (Å²) in [5.74, 6) is 0. The van der Waals surface area contributed by atoms with Crippen LogP contribution in [0.2, 0.25) is 0 Å². The van der Waals surface area contributed by atoms with E-state index in [1.54, 1.807) is 0 Å². The van der Waals surface area contributed by atoms with Crippen LogP contribution in [0, 0.1) is 0 Å². The number of alkyl carbamates (subject to hydrolysis) is 1. The van der Waals surface area contributed by atoms with Crippen LogP contribution in [0.1, 0.15) is 39.0 Å². The SMILES string of the molecule is CC(F)CNC(=O)OC1CCCCC1. The smallest absolute Gasteiger partial charge is 0.407 e. The summed E-state index contributed by atoms with van der Waals surface area (Å²) < 4.78 is 17.5. The lowest BCUT2D eigenvalue weighted by atomic mass is 9.98. The molecule has 1 atom stereocenters. The van der Waals surface area contributed by atoms with Gasteiger partial charge in [-0.3, -0.25) is 0 Å². The summed E-state index contributed by atoms with van der Waals surface area (Å²) in [7, 11) is 0. The first kappa shape index (κ1) is 11.3. The molecule has 1 aliphatic carbocycles. The summed E-state index contributed by atoms with van der Waals surface area (Å²) in [5.41, 5.74) is 0. The zero-order valence-electron chi connectivity index (χ0n) is 8.59. The maximum atomic E-state index is 12.4. The Morgan fingerprint density at radius 3 is 2.71 bits per heavy atom. The minimum absolute atomic E-state index is 0.0333. The molecule has 1 saturated carbocycles. The molecule has 0 spiro atoms. The lowest BCUT2D eigenvalue weighted by Crippen LogP contribution is -2.33. The molecular weight excluding hydrogens is 185 g/mol. The van der Waals surface area contributed by atoms with Crippen LogP contribution in [0.4, 0.5) is 9.18 Å². The fraction of sp³-hybridized carbons (Fsp3) is 0.900. The molecule has 1 fully saturated rings. The van der Waals surface area contributed by atoms with E-state index >= 15 is 0 Å². The van der Waals surface area contributed by atoms with Gasteiger partial charge in [-0.15, -0.1) is 0 Å². The molecule has 4 heteroatoms. The molecule has 0 aliphatic heterocycles. The molecule has 0 aromatic heterocycles. The molecule has 0 aromatic carbocycles. The average molecular weight is 203 g/mol. The number of carbonyl (C=O) groups is 1. The molecule has 14 heavy (non-hydrogen) atoms. The van der Waals surface area contributed by atoms with Crippen molar-refractivity contribution in [3.8, 4) is 0 Å². The Morgan fingerprint density at radius 2 is 2.14 bits per heavy atom. The van der Waals surface area contributed by atoms with Gasteiger partial charge in [-0.05, 0) is 32.6 Å². The largest absolute Gasteiger partial charge is 0.446 e. The number of carbonyl (C=O) groups excluding carboxylic acids is 1. The molecule has 1 amide bonds. The minimum Gasteiger partial charge on any atom is -0.446 e. The van der Waals surface area contributed by atoms with Crippen molar-refractivity contribution in [2.24, 2.45) is 0 Å². The van der Waals surface area contributed by atoms with Crippen LogP contribution in [-0.2, 0) is 4.74 Å². The fourth-order valence-corrected chi connectivity index (χ4v) is 1.60. The molecule has 0 heterocycles. The van der Waals surface area contributed by atoms with E-state index in [1.807, 2.05) is 0 Å². The summed E-state index contributed by atoms with van der Waals surface area (Å²) in [6.07, 6.45) is 3.89. The highest BCUT2D eigenvalue weighted by molar-refractivity contribution is 5.67. The van der Waals surface area contributed by atoms with Gasteiger partial charge in [-0.2, -0.15) is 0 Å². The van der Waals surface area contributed by atoms with Gasteiger partial charge in [-0.25, -0.2) is 9.18 Å². The number of hydrogen-bond acceptors (Lipinski definition) is 2. The van der Waals surface area contributed by atoms with E-state index in [1.165, 1.54) is 13.3 Å². The second-order valence-corrected chi connectivity index (χ2v) is 3.83. The van der Waals surface area contributed by atoms with Crippen LogP contribution in [0.25, 0.3) is 0 Å². The highest BCUT2D eigenvalue weighted by Gasteiger charge is 2.17. The summed E-state index contributed by atoms with van der Waals surface area (Å²) in [5, 5.41) is 2.39. The highest BCUT2D eigenvalue weighted by Crippen LogP contribution is 2.20. The second-order valence-electron chi connectivity index (χ2n) is 3.83. The number of rotatable bonds is 3. The van der Waals surface area contributed by atoms with Crippen molar-refractivity contribution in [3.63, 3.8) is 0 Å². The van der Waals surface area contributed by atoms with Gasteiger partial charge < -0.3 is 10.1 Å². The Kier molecular flexibility index (Phi) is 4.70. The van der Waals surface area contributed by atoms with Crippen LogP contribution >= 0.6 is 0 Å². The van der Waals surface area contributed by atoms with Gasteiger partial charge in [0.15, 0.2) is 0 Å². The van der Waals surface area contributed by atoms with E-state index in [-0.39, 0.29) is 12.6 Å². The number of amides is 1. The first-order valence-electron chi connectivity index (χ1n) is 5.27. The van der Waals surface area contributed by atoms with Crippen LogP contribution in [0.5, 0.6) is 0 Å². The predicted octanol–water partition coefficient (Wildman–Crippen LogP) is 2.40. The van der Waals surface area contributed by atoms with Gasteiger partial charge >= 0.3 is 6.09 Å². The molecule has 0 aromatic rings. The van der Waals surface area contributed by atoms with Crippen molar-refractivity contribution in [1.82, 2.24) is 5.32 Å². The topological polar surface area (TPSA) is 38.3 Å².